The van der Waals surface area contributed by atoms with E-state index in [1.165, 1.54) is 0 Å². The van der Waals surface area contributed by atoms with Crippen molar-refractivity contribution in [3.05, 3.63) is 14.9 Å². The van der Waals surface area contributed by atoms with E-state index in [-0.39, 0.29) is 34.3 Å². The van der Waals surface area contributed by atoms with Crippen molar-refractivity contribution < 1.29 is 19.5 Å². The van der Waals surface area contributed by atoms with Gasteiger partial charge in [-0.15, -0.1) is 0 Å². The average molecular weight is 155 g/mol. The molecule has 0 spiro atoms. The van der Waals surface area contributed by atoms with Gasteiger partial charge < -0.3 is 19.8 Å². The first-order chi connectivity index (χ1) is 1.73. The fourth-order valence-corrected chi connectivity index (χ4v) is 0. The van der Waals surface area contributed by atoms with Gasteiger partial charge in [-0.2, -0.15) is 0 Å². The maximum absolute atomic E-state index is 2.00. The van der Waals surface area contributed by atoms with Crippen LogP contribution in [0.5, 0.6) is 0 Å². The van der Waals surface area contributed by atoms with Crippen molar-refractivity contribution >= 4 is 0 Å². The van der Waals surface area contributed by atoms with Crippen LogP contribution in [0.1, 0.15) is 0 Å². The summed E-state index contributed by atoms with van der Waals surface area (Å²) in [5.41, 5.74) is 0. The molecule has 0 aliphatic rings. The zero-order chi connectivity index (χ0) is 3.58. The molecule has 0 fully saturated rings. The second kappa shape index (κ2) is 16.0. The summed E-state index contributed by atoms with van der Waals surface area (Å²) in [6.07, 6.45) is 0. The first kappa shape index (κ1) is 25.6. The molecule has 1 nitrogen and oxygen atoms in total. The monoisotopic (exact) mass is 153 g/mol. The summed E-state index contributed by atoms with van der Waals surface area (Å²) in [6.45, 7) is 0. The molecular weight excluding hydrogens is 139 g/mol. The largest absolute Gasteiger partial charge is 2.00 e. The van der Waals surface area contributed by atoms with Crippen LogP contribution in [0.25, 0.3) is 0 Å². The third-order valence-electron chi connectivity index (χ3n) is 0. The molecule has 0 amide bonds. The fraction of sp³-hybridized carbons (Fsp3) is 0.600. The van der Waals surface area contributed by atoms with Gasteiger partial charge in [0.1, 0.15) is 0 Å². The van der Waals surface area contributed by atoms with Crippen LogP contribution < -0.4 is 0 Å². The molecule has 0 atom stereocenters. The van der Waals surface area contributed by atoms with Gasteiger partial charge in [-0.05, 0) is 21.1 Å². The van der Waals surface area contributed by atoms with E-state index in [0.717, 1.165) is 0 Å². The second-order valence-corrected chi connectivity index (χ2v) is 1.34. The molecule has 0 aromatic heterocycles. The van der Waals surface area contributed by atoms with Crippen molar-refractivity contribution in [2.45, 2.75) is 0 Å². The van der Waals surface area contributed by atoms with Crippen LogP contribution in [0.4, 0.5) is 0 Å². The first-order valence-corrected chi connectivity index (χ1v) is 1.34. The Morgan fingerprint density at radius 3 is 0.857 bits per heavy atom. The molecule has 0 aliphatic carbocycles. The van der Waals surface area contributed by atoms with E-state index in [9.17, 15) is 0 Å². The van der Waals surface area contributed by atoms with Gasteiger partial charge in [0.05, 0.1) is 0 Å². The third kappa shape index (κ3) is 406. The first-order valence-electron chi connectivity index (χ1n) is 1.34. The van der Waals surface area contributed by atoms with Gasteiger partial charge in [-0.25, -0.2) is 0 Å². The van der Waals surface area contributed by atoms with Crippen LogP contribution in [0.2, 0.25) is 0 Å². The van der Waals surface area contributed by atoms with Crippen molar-refractivity contribution in [3.63, 3.8) is 0 Å². The van der Waals surface area contributed by atoms with Crippen LogP contribution in [0, 0.1) is 14.9 Å². The molecule has 0 saturated carbocycles. The summed E-state index contributed by atoms with van der Waals surface area (Å²) in [6, 6.07) is 0. The molecule has 0 aromatic carbocycles. The van der Waals surface area contributed by atoms with E-state index in [2.05, 4.69) is 0 Å². The molecule has 0 rings (SSSR count). The zero-order valence-electron chi connectivity index (χ0n) is 6.15. The minimum Gasteiger partial charge on any atom is -0.358 e. The summed E-state index contributed by atoms with van der Waals surface area (Å²) < 4.78 is 0. The van der Waals surface area contributed by atoms with Crippen LogP contribution >= 0.6 is 0 Å². The second-order valence-electron chi connectivity index (χ2n) is 1.34. The standard InChI is InChI=1S/C3H9N.2CH3.Zn/c1-4(2)3;;;/h1-3H3;2*1H3;/q;2*-1;+2. The number of rotatable bonds is 0. The molecule has 0 aliphatic heterocycles. The smallest absolute Gasteiger partial charge is 0.358 e. The minimum absolute atomic E-state index is 0. The molecule has 0 aromatic rings. The fourth-order valence-electron chi connectivity index (χ4n) is 0. The predicted molar refractivity (Wildman–Crippen MR) is 32.4 cm³/mol. The van der Waals surface area contributed by atoms with Gasteiger partial charge in [-0.1, -0.05) is 0 Å². The Balaban J connectivity index is -0.0000000150. The van der Waals surface area contributed by atoms with Gasteiger partial charge in [0.2, 0.25) is 0 Å². The third-order valence-corrected chi connectivity index (χ3v) is 0. The van der Waals surface area contributed by atoms with Gasteiger partial charge >= 0.3 is 19.5 Å². The van der Waals surface area contributed by atoms with E-state index in [0.29, 0.717) is 0 Å². The topological polar surface area (TPSA) is 3.24 Å². The van der Waals surface area contributed by atoms with E-state index in [1.54, 1.807) is 0 Å². The van der Waals surface area contributed by atoms with Crippen molar-refractivity contribution in [2.24, 2.45) is 0 Å². The normalized spacial score (nSPS) is 5.14. The van der Waals surface area contributed by atoms with Crippen LogP contribution in [0.15, 0.2) is 0 Å². The van der Waals surface area contributed by atoms with E-state index < -0.39 is 0 Å². The zero-order valence-corrected chi connectivity index (χ0v) is 9.12. The molecular formula is C5H15NZn. The Morgan fingerprint density at radius 1 is 0.857 bits per heavy atom. The molecule has 2 heteroatoms. The Morgan fingerprint density at radius 2 is 0.857 bits per heavy atom. The van der Waals surface area contributed by atoms with E-state index >= 15 is 0 Å². The molecule has 0 saturated heterocycles. The van der Waals surface area contributed by atoms with Crippen LogP contribution in [-0.2, 0) is 19.5 Å². The molecule has 0 N–H and O–H groups in total. The summed E-state index contributed by atoms with van der Waals surface area (Å²) in [4.78, 5) is 2.00. The van der Waals surface area contributed by atoms with E-state index in [4.69, 9.17) is 0 Å². The number of hydrogen-bond acceptors (Lipinski definition) is 1. The summed E-state index contributed by atoms with van der Waals surface area (Å²) in [5.74, 6) is 0. The summed E-state index contributed by atoms with van der Waals surface area (Å²) in [5, 5.41) is 0. The molecule has 7 heavy (non-hydrogen) atoms. The Bertz CT molecular complexity index is 12.8. The van der Waals surface area contributed by atoms with Gasteiger partial charge in [-0.3, -0.25) is 0 Å². The molecule has 42 valence electrons. The maximum atomic E-state index is 2.00. The van der Waals surface area contributed by atoms with Crippen molar-refractivity contribution in [2.75, 3.05) is 21.1 Å². The minimum atomic E-state index is 0. The van der Waals surface area contributed by atoms with Crippen LogP contribution in [0.3, 0.4) is 0 Å². The Hall–Kier alpha value is 0.583. The predicted octanol–water partition coefficient (Wildman–Crippen LogP) is 1.08. The van der Waals surface area contributed by atoms with Crippen molar-refractivity contribution in [1.29, 1.82) is 0 Å². The quantitative estimate of drug-likeness (QED) is 0.373. The molecule has 0 radical (unpaired) electrons. The summed E-state index contributed by atoms with van der Waals surface area (Å²) in [7, 11) is 6.00. The van der Waals surface area contributed by atoms with Crippen molar-refractivity contribution in [3.8, 4) is 0 Å². The van der Waals surface area contributed by atoms with Crippen molar-refractivity contribution in [1.82, 2.24) is 4.90 Å². The van der Waals surface area contributed by atoms with Gasteiger partial charge in [0, 0.05) is 0 Å². The number of hydrogen-bond donors (Lipinski definition) is 0. The molecule has 0 unspecified atom stereocenters. The van der Waals surface area contributed by atoms with Crippen LogP contribution in [-0.4, -0.2) is 26.0 Å². The van der Waals surface area contributed by atoms with Gasteiger partial charge in [0.25, 0.3) is 0 Å². The van der Waals surface area contributed by atoms with E-state index in [1.807, 2.05) is 26.0 Å². The summed E-state index contributed by atoms with van der Waals surface area (Å²) >= 11 is 0. The SMILES string of the molecule is CN(C)C.[CH3-].[CH3-].[Zn+2]. The maximum Gasteiger partial charge on any atom is 2.00 e. The van der Waals surface area contributed by atoms with Gasteiger partial charge in [0.15, 0.2) is 0 Å². The Labute approximate surface area is 60.9 Å². The molecule has 0 bridgehead atoms. The Kier molecular flexibility index (Phi) is 58.4. The average Bonchev–Trinajstić information content (AvgIpc) is 0.811. The number of nitrogens with zero attached hydrogens (tertiary/aromatic N) is 1. The molecule has 0 heterocycles.